The van der Waals surface area contributed by atoms with Crippen LogP contribution < -0.4 is 0 Å². The number of carboxylic acid groups (broad SMARTS) is 1. The van der Waals surface area contributed by atoms with Gasteiger partial charge in [-0.15, -0.1) is 16.4 Å². The first kappa shape index (κ1) is 17.2. The highest BCUT2D eigenvalue weighted by molar-refractivity contribution is 7.13. The molecule has 0 radical (unpaired) electrons. The number of aromatic nitrogens is 4. The van der Waals surface area contributed by atoms with E-state index in [9.17, 15) is 9.18 Å². The van der Waals surface area contributed by atoms with E-state index in [-0.39, 0.29) is 11.5 Å². The summed E-state index contributed by atoms with van der Waals surface area (Å²) in [7, 11) is 0. The summed E-state index contributed by atoms with van der Waals surface area (Å²) in [5.41, 5.74) is 3.33. The molecule has 0 aliphatic carbocycles. The molecule has 0 spiro atoms. The smallest absolute Gasteiger partial charge is 0.355 e. The molecule has 0 fully saturated rings. The van der Waals surface area contributed by atoms with Crippen molar-refractivity contribution in [1.82, 2.24) is 19.3 Å². The Bertz CT molecular complexity index is 1120. The molecule has 3 aromatic heterocycles. The summed E-state index contributed by atoms with van der Waals surface area (Å²) in [4.78, 5) is 15.4. The van der Waals surface area contributed by atoms with Gasteiger partial charge >= 0.3 is 5.97 Å². The third-order valence-electron chi connectivity index (χ3n) is 4.21. The Hall–Kier alpha value is -3.26. The van der Waals surface area contributed by atoms with Gasteiger partial charge in [0.1, 0.15) is 16.5 Å². The van der Waals surface area contributed by atoms with Gasteiger partial charge < -0.3 is 9.67 Å². The molecule has 1 N–H and O–H groups in total. The van der Waals surface area contributed by atoms with Crippen LogP contribution in [0, 0.1) is 19.7 Å². The molecule has 4 aromatic rings. The molecule has 0 amide bonds. The van der Waals surface area contributed by atoms with Gasteiger partial charge in [-0.2, -0.15) is 0 Å². The van der Waals surface area contributed by atoms with Gasteiger partial charge in [0.15, 0.2) is 11.5 Å². The molecule has 8 heteroatoms. The lowest BCUT2D eigenvalue weighted by atomic mass is 10.3. The maximum absolute atomic E-state index is 13.3. The normalized spacial score (nSPS) is 11.1. The van der Waals surface area contributed by atoms with Gasteiger partial charge in [-0.3, -0.25) is 0 Å². The number of halogens is 1. The molecule has 136 valence electrons. The number of nitrogens with zero attached hydrogens (tertiary/aromatic N) is 4. The van der Waals surface area contributed by atoms with E-state index < -0.39 is 5.97 Å². The van der Waals surface area contributed by atoms with Crippen LogP contribution in [0.4, 0.5) is 4.39 Å². The van der Waals surface area contributed by atoms with E-state index in [0.29, 0.717) is 22.2 Å². The summed E-state index contributed by atoms with van der Waals surface area (Å²) < 4.78 is 17.0. The van der Waals surface area contributed by atoms with Crippen molar-refractivity contribution in [3.63, 3.8) is 0 Å². The first-order chi connectivity index (χ1) is 12.9. The Labute approximate surface area is 158 Å². The predicted octanol–water partition coefficient (Wildman–Crippen LogP) is 4.24. The van der Waals surface area contributed by atoms with Crippen molar-refractivity contribution in [1.29, 1.82) is 0 Å². The summed E-state index contributed by atoms with van der Waals surface area (Å²) in [6.07, 6.45) is 0. The minimum absolute atomic E-state index is 0.0169. The second kappa shape index (κ2) is 6.48. The second-order valence-corrected chi connectivity index (χ2v) is 6.93. The third kappa shape index (κ3) is 3.04. The monoisotopic (exact) mass is 382 g/mol. The molecule has 6 nitrogen and oxygen atoms in total. The van der Waals surface area contributed by atoms with Crippen LogP contribution in [0.15, 0.2) is 47.8 Å². The molecule has 0 saturated heterocycles. The predicted molar refractivity (Wildman–Crippen MR) is 100 cm³/mol. The molecule has 0 saturated carbocycles. The highest BCUT2D eigenvalue weighted by Crippen LogP contribution is 2.29. The van der Waals surface area contributed by atoms with E-state index in [0.717, 1.165) is 11.4 Å². The molecule has 0 bridgehead atoms. The van der Waals surface area contributed by atoms with Gasteiger partial charge in [0.2, 0.25) is 0 Å². The summed E-state index contributed by atoms with van der Waals surface area (Å²) in [6, 6.07) is 11.8. The van der Waals surface area contributed by atoms with Crippen molar-refractivity contribution >= 4 is 17.3 Å². The fourth-order valence-corrected chi connectivity index (χ4v) is 3.72. The number of carboxylic acids is 1. The first-order valence-electron chi connectivity index (χ1n) is 8.14. The highest BCUT2D eigenvalue weighted by Gasteiger charge is 2.19. The average molecular weight is 382 g/mol. The molecule has 4 rings (SSSR count). The van der Waals surface area contributed by atoms with Gasteiger partial charge in [0, 0.05) is 22.8 Å². The van der Waals surface area contributed by atoms with E-state index in [2.05, 4.69) is 10.1 Å². The number of aryl methyl sites for hydroxylation is 2. The lowest BCUT2D eigenvalue weighted by molar-refractivity contribution is 0.0691. The van der Waals surface area contributed by atoms with Gasteiger partial charge in [-0.1, -0.05) is 0 Å². The summed E-state index contributed by atoms with van der Waals surface area (Å²) in [5.74, 6) is -0.740. The first-order valence-corrected chi connectivity index (χ1v) is 9.02. The van der Waals surface area contributed by atoms with Crippen molar-refractivity contribution in [2.45, 2.75) is 13.8 Å². The molecule has 0 aliphatic rings. The number of thiazole rings is 1. The van der Waals surface area contributed by atoms with Gasteiger partial charge in [0.05, 0.1) is 5.69 Å². The zero-order valence-electron chi connectivity index (χ0n) is 14.5. The third-order valence-corrected chi connectivity index (χ3v) is 5.08. The fourth-order valence-electron chi connectivity index (χ4n) is 2.93. The quantitative estimate of drug-likeness (QED) is 0.573. The van der Waals surface area contributed by atoms with Gasteiger partial charge in [-0.25, -0.2) is 18.9 Å². The molecule has 1 aromatic carbocycles. The van der Waals surface area contributed by atoms with Crippen LogP contribution >= 0.6 is 11.3 Å². The lowest BCUT2D eigenvalue weighted by Gasteiger charge is -2.06. The van der Waals surface area contributed by atoms with E-state index >= 15 is 0 Å². The number of hydrogen-bond donors (Lipinski definition) is 1. The Balaban J connectivity index is 1.92. The minimum atomic E-state index is -1.08. The topological polar surface area (TPSA) is 72.9 Å². The molecule has 0 atom stereocenters. The molecule has 27 heavy (non-hydrogen) atoms. The van der Waals surface area contributed by atoms with Crippen LogP contribution in [0.25, 0.3) is 22.2 Å². The van der Waals surface area contributed by atoms with Crippen molar-refractivity contribution < 1.29 is 14.3 Å². The van der Waals surface area contributed by atoms with Crippen LogP contribution in [0.3, 0.4) is 0 Å². The second-order valence-electron chi connectivity index (χ2n) is 6.07. The maximum atomic E-state index is 13.3. The number of carbonyl (C=O) groups is 1. The largest absolute Gasteiger partial charge is 0.476 e. The van der Waals surface area contributed by atoms with Gasteiger partial charge in [0.25, 0.3) is 0 Å². The number of rotatable bonds is 4. The summed E-state index contributed by atoms with van der Waals surface area (Å²) >= 11 is 1.23. The van der Waals surface area contributed by atoms with Crippen molar-refractivity contribution in [2.75, 3.05) is 0 Å². The number of aromatic carboxylic acids is 1. The minimum Gasteiger partial charge on any atom is -0.476 e. The Morgan fingerprint density at radius 3 is 2.37 bits per heavy atom. The van der Waals surface area contributed by atoms with Crippen LogP contribution in [-0.4, -0.2) is 30.4 Å². The zero-order valence-corrected chi connectivity index (χ0v) is 15.4. The SMILES string of the molecule is Cc1ccc(C)n1-c1cc(-c2nc(C(=O)O)cs2)n(-c2ccc(F)cc2)n1. The Kier molecular flexibility index (Phi) is 4.12. The highest BCUT2D eigenvalue weighted by atomic mass is 32.1. The molecule has 0 aliphatic heterocycles. The van der Waals surface area contributed by atoms with Crippen molar-refractivity contribution in [3.05, 3.63) is 70.7 Å². The summed E-state index contributed by atoms with van der Waals surface area (Å²) in [5, 5.41) is 15.9. The molecular formula is C19H15FN4O2S. The zero-order chi connectivity index (χ0) is 19.1. The number of benzene rings is 1. The van der Waals surface area contributed by atoms with E-state index in [1.807, 2.05) is 36.6 Å². The van der Waals surface area contributed by atoms with Crippen LogP contribution in [0.2, 0.25) is 0 Å². The average Bonchev–Trinajstić information content (AvgIpc) is 3.34. The van der Waals surface area contributed by atoms with Crippen LogP contribution in [0.5, 0.6) is 0 Å². The summed E-state index contributed by atoms with van der Waals surface area (Å²) in [6.45, 7) is 3.96. The fraction of sp³-hybridized carbons (Fsp3) is 0.105. The Morgan fingerprint density at radius 1 is 1.11 bits per heavy atom. The van der Waals surface area contributed by atoms with E-state index in [4.69, 9.17) is 5.11 Å². The van der Waals surface area contributed by atoms with E-state index in [1.165, 1.54) is 28.8 Å². The van der Waals surface area contributed by atoms with Crippen molar-refractivity contribution in [3.8, 4) is 22.2 Å². The maximum Gasteiger partial charge on any atom is 0.355 e. The van der Waals surface area contributed by atoms with Gasteiger partial charge in [-0.05, 0) is 50.2 Å². The van der Waals surface area contributed by atoms with Crippen LogP contribution in [0.1, 0.15) is 21.9 Å². The molecular weight excluding hydrogens is 367 g/mol. The lowest BCUT2D eigenvalue weighted by Crippen LogP contribution is -2.03. The molecule has 0 unspecified atom stereocenters. The van der Waals surface area contributed by atoms with E-state index in [1.54, 1.807) is 16.8 Å². The van der Waals surface area contributed by atoms with Crippen LogP contribution in [-0.2, 0) is 0 Å². The van der Waals surface area contributed by atoms with Crippen molar-refractivity contribution in [2.24, 2.45) is 0 Å². The number of hydrogen-bond acceptors (Lipinski definition) is 4. The molecule has 3 heterocycles. The standard InChI is InChI=1S/C19H15FN4O2S/c1-11-3-4-12(2)23(11)17-9-16(18-21-15(10-27-18)19(25)26)24(22-17)14-7-5-13(20)6-8-14/h3-10H,1-2H3,(H,25,26). The Morgan fingerprint density at radius 2 is 1.78 bits per heavy atom.